The maximum absolute atomic E-state index is 9.75. The molecule has 0 atom stereocenters. The molecule has 0 unspecified atom stereocenters. The molecule has 0 aromatic heterocycles. The Bertz CT molecular complexity index is 186. The average molecular weight is 318 g/mol. The fourth-order valence-corrected chi connectivity index (χ4v) is 1.56. The Morgan fingerprint density at radius 1 is 0.917 bits per heavy atom. The van der Waals surface area contributed by atoms with Gasteiger partial charge in [0, 0.05) is 0 Å². The van der Waals surface area contributed by atoms with E-state index < -0.39 is 20.1 Å². The SMILES string of the molecule is O=P([O-])([O-])C(Cl)P(=O)([O-])[O-].[Fe+2].[Fe+2]. The number of hydrogen-bond acceptors (Lipinski definition) is 6. The van der Waals surface area contributed by atoms with Gasteiger partial charge in [-0.3, -0.25) is 0 Å². The van der Waals surface area contributed by atoms with E-state index in [9.17, 15) is 28.7 Å². The Morgan fingerprint density at radius 3 is 1.08 bits per heavy atom. The van der Waals surface area contributed by atoms with Crippen LogP contribution in [-0.2, 0) is 43.3 Å². The third-order valence-corrected chi connectivity index (χ3v) is 4.70. The summed E-state index contributed by atoms with van der Waals surface area (Å²) in [5, 5.41) is 0. The van der Waals surface area contributed by atoms with Gasteiger partial charge < -0.3 is 28.7 Å². The molecule has 6 nitrogen and oxygen atoms in total. The minimum Gasteiger partial charge on any atom is -0.809 e. The van der Waals surface area contributed by atoms with Crippen LogP contribution in [0, 0.1) is 0 Å². The predicted octanol–water partition coefficient (Wildman–Crippen LogP) is -2.67. The molecule has 0 spiro atoms. The molecular weight excluding hydrogens is 317 g/mol. The Kier molecular flexibility index (Phi) is 9.90. The van der Waals surface area contributed by atoms with E-state index in [1.807, 2.05) is 0 Å². The zero-order chi connectivity index (χ0) is 8.58. The third kappa shape index (κ3) is 7.07. The van der Waals surface area contributed by atoms with Crippen LogP contribution in [-0.4, -0.2) is 4.86 Å². The van der Waals surface area contributed by atoms with Crippen LogP contribution < -0.4 is 19.6 Å². The summed E-state index contributed by atoms with van der Waals surface area (Å²) < 4.78 is 19.5. The van der Waals surface area contributed by atoms with E-state index in [2.05, 4.69) is 11.6 Å². The fraction of sp³-hybridized carbons (Fsp3) is 1.00. The first-order chi connectivity index (χ1) is 4.15. The molecule has 0 aromatic carbocycles. The normalized spacial score (nSPS) is 11.8. The van der Waals surface area contributed by atoms with Crippen molar-refractivity contribution in [3.05, 3.63) is 0 Å². The van der Waals surface area contributed by atoms with Crippen LogP contribution in [0.1, 0.15) is 0 Å². The summed E-state index contributed by atoms with van der Waals surface area (Å²) in [4.78, 5) is 36.1. The van der Waals surface area contributed by atoms with Gasteiger partial charge in [-0.25, -0.2) is 0 Å². The van der Waals surface area contributed by atoms with Crippen molar-refractivity contribution in [2.75, 3.05) is 0 Å². The summed E-state index contributed by atoms with van der Waals surface area (Å²) in [6.07, 6.45) is 0. The maximum atomic E-state index is 9.75. The monoisotopic (exact) mass is 318 g/mol. The fourth-order valence-electron chi connectivity index (χ4n) is 0.173. The van der Waals surface area contributed by atoms with Crippen LogP contribution in [0.25, 0.3) is 0 Å². The van der Waals surface area contributed by atoms with Crippen LogP contribution in [0.15, 0.2) is 0 Å². The van der Waals surface area contributed by atoms with Gasteiger partial charge in [0.1, 0.15) is 0 Å². The molecule has 0 N–H and O–H groups in total. The molecule has 0 aliphatic carbocycles. The van der Waals surface area contributed by atoms with Gasteiger partial charge in [-0.2, -0.15) is 0 Å². The van der Waals surface area contributed by atoms with Crippen molar-refractivity contribution < 1.29 is 62.8 Å². The quantitative estimate of drug-likeness (QED) is 0.310. The molecule has 0 saturated heterocycles. The molecule has 0 bridgehead atoms. The molecule has 0 saturated carbocycles. The van der Waals surface area contributed by atoms with Crippen molar-refractivity contribution in [1.29, 1.82) is 0 Å². The molecule has 0 heterocycles. The first-order valence-electron chi connectivity index (χ1n) is 1.83. The zero-order valence-corrected chi connectivity index (χ0v) is 9.76. The minimum atomic E-state index is -5.50. The second-order valence-corrected chi connectivity index (χ2v) is 6.03. The molecule has 0 aliphatic rings. The third-order valence-electron chi connectivity index (χ3n) is 0.522. The van der Waals surface area contributed by atoms with Gasteiger partial charge in [0.15, 0.2) is 0 Å². The van der Waals surface area contributed by atoms with Gasteiger partial charge in [0.2, 0.25) is 0 Å². The van der Waals surface area contributed by atoms with E-state index in [1.54, 1.807) is 0 Å². The minimum absolute atomic E-state index is 0. The van der Waals surface area contributed by atoms with Crippen LogP contribution >= 0.6 is 26.8 Å². The van der Waals surface area contributed by atoms with E-state index in [-0.39, 0.29) is 34.1 Å². The van der Waals surface area contributed by atoms with Crippen molar-refractivity contribution in [3.63, 3.8) is 0 Å². The zero-order valence-electron chi connectivity index (χ0n) is 5.01. The van der Waals surface area contributed by atoms with Gasteiger partial charge in [-0.15, -0.1) is 11.6 Å². The van der Waals surface area contributed by atoms with Crippen molar-refractivity contribution >= 4 is 26.8 Å². The summed E-state index contributed by atoms with van der Waals surface area (Å²) in [7, 11) is -11.0. The predicted molar refractivity (Wildman–Crippen MR) is 24.9 cm³/mol. The Morgan fingerprint density at radius 2 is 1.08 bits per heavy atom. The molecule has 12 heavy (non-hydrogen) atoms. The van der Waals surface area contributed by atoms with Gasteiger partial charge in [0.25, 0.3) is 0 Å². The molecular formula is CHClFe2O6P2. The molecule has 74 valence electrons. The number of hydrogen-bond donors (Lipinski definition) is 0. The summed E-state index contributed by atoms with van der Waals surface area (Å²) in [5.74, 6) is 0. The number of rotatable bonds is 2. The summed E-state index contributed by atoms with van der Waals surface area (Å²) in [6, 6.07) is 0. The Labute approximate surface area is 94.3 Å². The maximum Gasteiger partial charge on any atom is 2.00 e. The molecule has 0 fully saturated rings. The summed E-state index contributed by atoms with van der Waals surface area (Å²) in [6.45, 7) is 0. The standard InChI is InChI=1S/CH5ClO6P2.2Fe/c2-1(9(3,4)5)10(6,7)8;;/h1H,(H2,3,4,5)(H2,6,7,8);;/q;2*+2/p-4. The molecule has 11 heteroatoms. The second kappa shape index (κ2) is 6.18. The van der Waals surface area contributed by atoms with Crippen molar-refractivity contribution in [3.8, 4) is 0 Å². The van der Waals surface area contributed by atoms with Gasteiger partial charge >= 0.3 is 34.1 Å². The van der Waals surface area contributed by atoms with Crippen LogP contribution in [0.5, 0.6) is 0 Å². The Balaban J connectivity index is -0.000000405. The Hall–Kier alpha value is 1.63. The van der Waals surface area contributed by atoms with Gasteiger partial charge in [0.05, 0.1) is 4.86 Å². The van der Waals surface area contributed by atoms with E-state index >= 15 is 0 Å². The van der Waals surface area contributed by atoms with Crippen LogP contribution in [0.2, 0.25) is 0 Å². The topological polar surface area (TPSA) is 126 Å². The van der Waals surface area contributed by atoms with E-state index in [0.29, 0.717) is 0 Å². The van der Waals surface area contributed by atoms with Crippen molar-refractivity contribution in [2.45, 2.75) is 4.86 Å². The largest absolute Gasteiger partial charge is 2.00 e. The molecule has 0 amide bonds. The van der Waals surface area contributed by atoms with Gasteiger partial charge in [-0.05, 0) is 15.2 Å². The van der Waals surface area contributed by atoms with Crippen LogP contribution in [0.4, 0.5) is 0 Å². The van der Waals surface area contributed by atoms with Crippen molar-refractivity contribution in [2.24, 2.45) is 0 Å². The molecule has 0 rings (SSSR count). The molecule has 0 aromatic rings. The summed E-state index contributed by atoms with van der Waals surface area (Å²) in [5.41, 5.74) is 0. The average Bonchev–Trinajstić information content (AvgIpc) is 1.59. The first kappa shape index (κ1) is 19.2. The number of halogens is 1. The molecule has 0 radical (unpaired) electrons. The van der Waals surface area contributed by atoms with E-state index in [0.717, 1.165) is 0 Å². The smallest absolute Gasteiger partial charge is 0.809 e. The van der Waals surface area contributed by atoms with E-state index in [1.165, 1.54) is 0 Å². The van der Waals surface area contributed by atoms with Crippen LogP contribution in [0.3, 0.4) is 0 Å². The first-order valence-corrected chi connectivity index (χ1v) is 5.49. The van der Waals surface area contributed by atoms with Crippen molar-refractivity contribution in [1.82, 2.24) is 0 Å². The second-order valence-electron chi connectivity index (χ2n) is 1.39. The summed E-state index contributed by atoms with van der Waals surface area (Å²) >= 11 is 4.46. The molecule has 0 aliphatic heterocycles. The van der Waals surface area contributed by atoms with Gasteiger partial charge in [-0.1, -0.05) is 0 Å². The number of alkyl halides is 1. The van der Waals surface area contributed by atoms with E-state index in [4.69, 9.17) is 0 Å².